The van der Waals surface area contributed by atoms with Crippen molar-refractivity contribution in [2.24, 2.45) is 7.05 Å². The predicted molar refractivity (Wildman–Crippen MR) is 119 cm³/mol. The highest BCUT2D eigenvalue weighted by atomic mass is 35.5. The minimum absolute atomic E-state index is 0.0518. The van der Waals surface area contributed by atoms with Crippen LogP contribution in [0.4, 0.5) is 0 Å². The summed E-state index contributed by atoms with van der Waals surface area (Å²) in [6, 6.07) is 17.0. The van der Waals surface area contributed by atoms with Crippen molar-refractivity contribution in [1.29, 1.82) is 0 Å². The Morgan fingerprint density at radius 2 is 1.66 bits per heavy atom. The Labute approximate surface area is 176 Å². The summed E-state index contributed by atoms with van der Waals surface area (Å²) in [5.74, 6) is 1.97. The molecule has 0 aliphatic heterocycles. The molecule has 4 heteroatoms. The summed E-state index contributed by atoms with van der Waals surface area (Å²) in [5, 5.41) is 10.0. The van der Waals surface area contributed by atoms with Crippen LogP contribution in [-0.2, 0) is 12.5 Å². The number of hydrogen-bond acceptors (Lipinski definition) is 2. The van der Waals surface area contributed by atoms with Crippen molar-refractivity contribution in [3.63, 3.8) is 0 Å². The summed E-state index contributed by atoms with van der Waals surface area (Å²) < 4.78 is 2.17. The van der Waals surface area contributed by atoms with E-state index in [-0.39, 0.29) is 5.41 Å². The van der Waals surface area contributed by atoms with Gasteiger partial charge in [0, 0.05) is 17.6 Å². The van der Waals surface area contributed by atoms with Crippen molar-refractivity contribution in [2.45, 2.75) is 37.5 Å². The second kappa shape index (κ2) is 7.31. The van der Waals surface area contributed by atoms with E-state index in [1.807, 2.05) is 12.1 Å². The maximum absolute atomic E-state index is 6.11. The molecular weight excluding hydrogens is 378 g/mol. The quantitative estimate of drug-likeness (QED) is 0.510. The van der Waals surface area contributed by atoms with Gasteiger partial charge < -0.3 is 4.57 Å². The molecule has 0 saturated heterocycles. The molecule has 1 aromatic heterocycles. The molecule has 5 rings (SSSR count). The largest absolute Gasteiger partial charge is 0.313 e. The molecule has 0 radical (unpaired) electrons. The van der Waals surface area contributed by atoms with Crippen LogP contribution in [0.3, 0.4) is 0 Å². The van der Waals surface area contributed by atoms with Gasteiger partial charge in [-0.1, -0.05) is 72.6 Å². The summed E-state index contributed by atoms with van der Waals surface area (Å²) >= 11 is 6.11. The van der Waals surface area contributed by atoms with Crippen molar-refractivity contribution in [2.75, 3.05) is 0 Å². The normalized spacial score (nSPS) is 17.7. The Kier molecular flexibility index (Phi) is 4.63. The zero-order chi connectivity index (χ0) is 19.8. The van der Waals surface area contributed by atoms with Crippen LogP contribution in [0.25, 0.3) is 17.0 Å². The summed E-state index contributed by atoms with van der Waals surface area (Å²) in [5.41, 5.74) is 5.02. The Balaban J connectivity index is 1.48. The lowest BCUT2D eigenvalue weighted by atomic mass is 9.64. The van der Waals surface area contributed by atoms with Crippen LogP contribution in [-0.4, -0.2) is 14.8 Å². The van der Waals surface area contributed by atoms with E-state index in [0.717, 1.165) is 47.9 Å². The highest BCUT2D eigenvalue weighted by Crippen LogP contribution is 2.48. The Morgan fingerprint density at radius 1 is 0.931 bits per heavy atom. The second-order valence-electron chi connectivity index (χ2n) is 8.08. The molecule has 0 bridgehead atoms. The number of aromatic nitrogens is 3. The van der Waals surface area contributed by atoms with Gasteiger partial charge in [0.2, 0.25) is 0 Å². The zero-order valence-electron chi connectivity index (χ0n) is 16.6. The van der Waals surface area contributed by atoms with E-state index in [1.54, 1.807) is 0 Å². The first kappa shape index (κ1) is 18.4. The molecule has 3 nitrogen and oxygen atoms in total. The summed E-state index contributed by atoms with van der Waals surface area (Å²) in [6.45, 7) is 0. The maximum atomic E-state index is 6.11. The molecule has 0 spiro atoms. The van der Waals surface area contributed by atoms with Gasteiger partial charge in [0.25, 0.3) is 0 Å². The van der Waals surface area contributed by atoms with Crippen molar-refractivity contribution >= 4 is 17.2 Å². The number of halogens is 1. The van der Waals surface area contributed by atoms with Gasteiger partial charge in [0.1, 0.15) is 5.82 Å². The topological polar surface area (TPSA) is 30.7 Å². The fraction of sp³-hybridized carbons (Fsp3) is 0.280. The van der Waals surface area contributed by atoms with Gasteiger partial charge >= 0.3 is 0 Å². The third-order valence-electron chi connectivity index (χ3n) is 6.43. The van der Waals surface area contributed by atoms with Gasteiger partial charge in [-0.15, -0.1) is 10.2 Å². The molecule has 0 unspecified atom stereocenters. The first-order valence-electron chi connectivity index (χ1n) is 10.3. The molecule has 146 valence electrons. The average Bonchev–Trinajstić information content (AvgIpc) is 3.11. The molecule has 0 amide bonds. The fourth-order valence-corrected chi connectivity index (χ4v) is 4.74. The first-order valence-corrected chi connectivity index (χ1v) is 10.7. The third-order valence-corrected chi connectivity index (χ3v) is 6.69. The van der Waals surface area contributed by atoms with Crippen LogP contribution in [0.2, 0.25) is 5.02 Å². The molecule has 0 atom stereocenters. The third kappa shape index (κ3) is 3.14. The standard InChI is InChI=1S/C25H24ClN3/c1-29-23(20-10-8-19(9-11-20)18-6-3-2-4-7-18)27-28-24(29)25(16-5-17-25)21-12-14-22(26)15-13-21/h2-3,6,8-15H,4-5,7,16-17H2,1H3. The van der Waals surface area contributed by atoms with Crippen LogP contribution < -0.4 is 0 Å². The van der Waals surface area contributed by atoms with E-state index in [1.165, 1.54) is 23.1 Å². The first-order chi connectivity index (χ1) is 14.2. The molecule has 1 heterocycles. The van der Waals surface area contributed by atoms with E-state index < -0.39 is 0 Å². The smallest absolute Gasteiger partial charge is 0.163 e. The maximum Gasteiger partial charge on any atom is 0.163 e. The Bertz CT molecular complexity index is 1080. The monoisotopic (exact) mass is 401 g/mol. The number of benzene rings is 2. The molecule has 3 aromatic rings. The second-order valence-corrected chi connectivity index (χ2v) is 8.52. The van der Waals surface area contributed by atoms with Gasteiger partial charge in [-0.3, -0.25) is 0 Å². The van der Waals surface area contributed by atoms with Crippen LogP contribution in [0.15, 0.2) is 66.8 Å². The Hall–Kier alpha value is -2.65. The molecule has 1 fully saturated rings. The summed E-state index contributed by atoms with van der Waals surface area (Å²) in [6.07, 6.45) is 12.2. The molecule has 0 N–H and O–H groups in total. The van der Waals surface area contributed by atoms with Crippen molar-refractivity contribution in [3.8, 4) is 11.4 Å². The van der Waals surface area contributed by atoms with E-state index in [2.05, 4.69) is 76.4 Å². The number of hydrogen-bond donors (Lipinski definition) is 0. The van der Waals surface area contributed by atoms with Crippen molar-refractivity contribution < 1.29 is 0 Å². The fourth-order valence-electron chi connectivity index (χ4n) is 4.61. The highest BCUT2D eigenvalue weighted by Gasteiger charge is 2.44. The molecule has 2 aliphatic rings. The van der Waals surface area contributed by atoms with E-state index in [4.69, 9.17) is 11.6 Å². The van der Waals surface area contributed by atoms with E-state index in [9.17, 15) is 0 Å². The summed E-state index contributed by atoms with van der Waals surface area (Å²) in [4.78, 5) is 0. The van der Waals surface area contributed by atoms with Crippen LogP contribution in [0, 0.1) is 0 Å². The summed E-state index contributed by atoms with van der Waals surface area (Å²) in [7, 11) is 2.09. The number of rotatable bonds is 4. The zero-order valence-corrected chi connectivity index (χ0v) is 17.4. The van der Waals surface area contributed by atoms with Crippen molar-refractivity contribution in [1.82, 2.24) is 14.8 Å². The minimum atomic E-state index is -0.0518. The van der Waals surface area contributed by atoms with E-state index in [0.29, 0.717) is 0 Å². The van der Waals surface area contributed by atoms with Gasteiger partial charge in [-0.25, -0.2) is 0 Å². The van der Waals surface area contributed by atoms with E-state index >= 15 is 0 Å². The highest BCUT2D eigenvalue weighted by molar-refractivity contribution is 6.30. The molecule has 2 aromatic carbocycles. The van der Waals surface area contributed by atoms with Gasteiger partial charge in [-0.05, 0) is 54.5 Å². The average molecular weight is 402 g/mol. The lowest BCUT2D eigenvalue weighted by Gasteiger charge is -2.41. The lowest BCUT2D eigenvalue weighted by Crippen LogP contribution is -2.38. The molecule has 2 aliphatic carbocycles. The molecule has 1 saturated carbocycles. The van der Waals surface area contributed by atoms with Crippen LogP contribution in [0.1, 0.15) is 49.1 Å². The van der Waals surface area contributed by atoms with Crippen LogP contribution in [0.5, 0.6) is 0 Å². The molecular formula is C25H24ClN3. The van der Waals surface area contributed by atoms with Gasteiger partial charge in [-0.2, -0.15) is 0 Å². The van der Waals surface area contributed by atoms with Gasteiger partial charge in [0.15, 0.2) is 5.82 Å². The van der Waals surface area contributed by atoms with Gasteiger partial charge in [0.05, 0.1) is 5.41 Å². The van der Waals surface area contributed by atoms with Crippen LogP contribution >= 0.6 is 11.6 Å². The predicted octanol–water partition coefficient (Wildman–Crippen LogP) is 6.34. The Morgan fingerprint density at radius 3 is 2.28 bits per heavy atom. The minimum Gasteiger partial charge on any atom is -0.313 e. The van der Waals surface area contributed by atoms with Crippen molar-refractivity contribution in [3.05, 3.63) is 88.7 Å². The number of nitrogens with zero attached hydrogens (tertiary/aromatic N) is 3. The SMILES string of the molecule is Cn1c(-c2ccc(C3=CC=CCC3)cc2)nnc1C1(c2ccc(Cl)cc2)CCC1. The molecule has 29 heavy (non-hydrogen) atoms. The number of allylic oxidation sites excluding steroid dienone is 4. The lowest BCUT2D eigenvalue weighted by molar-refractivity contribution is 0.278.